The summed E-state index contributed by atoms with van der Waals surface area (Å²) in [6, 6.07) is 4.10. The van der Waals surface area contributed by atoms with Crippen molar-refractivity contribution in [1.29, 1.82) is 0 Å². The van der Waals surface area contributed by atoms with E-state index in [4.69, 9.17) is 0 Å². The first-order chi connectivity index (χ1) is 11.5. The first-order valence-electron chi connectivity index (χ1n) is 9.09. The largest absolute Gasteiger partial charge is 0.296 e. The van der Waals surface area contributed by atoms with Crippen LogP contribution in [0.4, 0.5) is 0 Å². The summed E-state index contributed by atoms with van der Waals surface area (Å²) in [5, 5.41) is 9.44. The Kier molecular flexibility index (Phi) is 7.09. The molecule has 0 fully saturated rings. The van der Waals surface area contributed by atoms with E-state index in [0.29, 0.717) is 11.5 Å². The fourth-order valence-electron chi connectivity index (χ4n) is 3.16. The average Bonchev–Trinajstić information content (AvgIpc) is 2.54. The highest BCUT2D eigenvalue weighted by molar-refractivity contribution is 6.18. The van der Waals surface area contributed by atoms with Gasteiger partial charge in [-0.2, -0.15) is 0 Å². The molecule has 4 heteroatoms. The van der Waals surface area contributed by atoms with Gasteiger partial charge in [-0.05, 0) is 47.8 Å². The van der Waals surface area contributed by atoms with E-state index in [-0.39, 0.29) is 18.3 Å². The Morgan fingerprint density at radius 2 is 1.44 bits per heavy atom. The van der Waals surface area contributed by atoms with Gasteiger partial charge in [-0.3, -0.25) is 14.8 Å². The highest BCUT2D eigenvalue weighted by Crippen LogP contribution is 2.36. The van der Waals surface area contributed by atoms with Gasteiger partial charge < -0.3 is 0 Å². The van der Waals surface area contributed by atoms with Crippen molar-refractivity contribution in [2.75, 3.05) is 0 Å². The predicted molar refractivity (Wildman–Crippen MR) is 100 cm³/mol. The molecule has 0 heterocycles. The van der Waals surface area contributed by atoms with Crippen LogP contribution < -0.4 is 0 Å². The van der Waals surface area contributed by atoms with Crippen molar-refractivity contribution in [2.24, 2.45) is 0 Å². The summed E-state index contributed by atoms with van der Waals surface area (Å²) in [6.07, 6.45) is 0.0820. The Labute approximate surface area is 151 Å². The van der Waals surface area contributed by atoms with E-state index in [1.54, 1.807) is 6.92 Å². The number of rotatable bonds is 8. The van der Waals surface area contributed by atoms with Crippen molar-refractivity contribution < 1.29 is 19.7 Å². The third-order valence-corrected chi connectivity index (χ3v) is 4.95. The molecule has 25 heavy (non-hydrogen) atoms. The summed E-state index contributed by atoms with van der Waals surface area (Å²) < 4.78 is 0. The maximum absolute atomic E-state index is 13.4. The van der Waals surface area contributed by atoms with Crippen molar-refractivity contribution >= 4 is 11.6 Å². The van der Waals surface area contributed by atoms with Gasteiger partial charge in [0.15, 0.2) is 5.78 Å². The van der Waals surface area contributed by atoms with Crippen LogP contribution in [0.25, 0.3) is 0 Å². The SMILES string of the molecule is CCC(OO)(C(C)=O)C(=O)c1c(C(C)C)cc(C(C)C)cc1C(C)C. The first-order valence-corrected chi connectivity index (χ1v) is 9.09. The number of carbonyl (C=O) groups is 2. The van der Waals surface area contributed by atoms with Crippen LogP contribution >= 0.6 is 0 Å². The van der Waals surface area contributed by atoms with Crippen LogP contribution in [0.3, 0.4) is 0 Å². The van der Waals surface area contributed by atoms with E-state index in [1.807, 2.05) is 39.8 Å². The molecule has 0 aliphatic rings. The molecule has 0 amide bonds. The lowest BCUT2D eigenvalue weighted by molar-refractivity contribution is -0.294. The van der Waals surface area contributed by atoms with Crippen molar-refractivity contribution in [2.45, 2.75) is 85.2 Å². The van der Waals surface area contributed by atoms with Gasteiger partial charge in [0, 0.05) is 5.56 Å². The second-order valence-electron chi connectivity index (χ2n) is 7.70. The molecule has 1 N–H and O–H groups in total. The molecule has 0 bridgehead atoms. The van der Waals surface area contributed by atoms with E-state index in [0.717, 1.165) is 11.1 Å². The quantitative estimate of drug-likeness (QED) is 0.293. The van der Waals surface area contributed by atoms with Gasteiger partial charge in [-0.25, -0.2) is 4.89 Å². The van der Waals surface area contributed by atoms with Crippen LogP contribution in [-0.4, -0.2) is 22.4 Å². The minimum Gasteiger partial charge on any atom is -0.296 e. The number of hydrogen-bond acceptors (Lipinski definition) is 4. The molecule has 1 aromatic carbocycles. The van der Waals surface area contributed by atoms with E-state index in [9.17, 15) is 14.8 Å². The topological polar surface area (TPSA) is 63.6 Å². The molecule has 0 radical (unpaired) electrons. The van der Waals surface area contributed by atoms with Crippen molar-refractivity contribution in [3.63, 3.8) is 0 Å². The average molecular weight is 348 g/mol. The predicted octanol–water partition coefficient (Wildman–Crippen LogP) is 5.47. The maximum Gasteiger partial charge on any atom is 0.222 e. The lowest BCUT2D eigenvalue weighted by Gasteiger charge is -2.29. The van der Waals surface area contributed by atoms with E-state index < -0.39 is 17.2 Å². The monoisotopic (exact) mass is 348 g/mol. The minimum absolute atomic E-state index is 0.0820. The van der Waals surface area contributed by atoms with E-state index >= 15 is 0 Å². The summed E-state index contributed by atoms with van der Waals surface area (Å²) in [4.78, 5) is 30.1. The fraction of sp³-hybridized carbons (Fsp3) is 0.619. The zero-order valence-electron chi connectivity index (χ0n) is 16.8. The van der Waals surface area contributed by atoms with Crippen molar-refractivity contribution in [3.05, 3.63) is 34.4 Å². The van der Waals surface area contributed by atoms with Crippen LogP contribution in [0.2, 0.25) is 0 Å². The number of carbonyl (C=O) groups excluding carboxylic acids is 2. The lowest BCUT2D eigenvalue weighted by Crippen LogP contribution is -2.47. The molecule has 0 aliphatic heterocycles. The van der Waals surface area contributed by atoms with Gasteiger partial charge in [0.05, 0.1) is 0 Å². The number of Topliss-reactive ketones (excluding diaryl/α,β-unsaturated/α-hetero) is 2. The number of hydrogen-bond donors (Lipinski definition) is 1. The van der Waals surface area contributed by atoms with E-state index in [1.165, 1.54) is 12.5 Å². The van der Waals surface area contributed by atoms with Gasteiger partial charge >= 0.3 is 0 Å². The third-order valence-electron chi connectivity index (χ3n) is 4.95. The van der Waals surface area contributed by atoms with Gasteiger partial charge in [-0.15, -0.1) is 0 Å². The lowest BCUT2D eigenvalue weighted by atomic mass is 9.77. The standard InChI is InChI=1S/C21H32O4/c1-9-21(25-24,15(8)22)20(23)19-17(13(4)5)10-16(12(2)3)11-18(19)14(6)7/h10-14,24H,9H2,1-8H3. The smallest absolute Gasteiger partial charge is 0.222 e. The second-order valence-corrected chi connectivity index (χ2v) is 7.70. The van der Waals surface area contributed by atoms with Crippen LogP contribution in [-0.2, 0) is 9.68 Å². The van der Waals surface area contributed by atoms with Crippen LogP contribution in [0.15, 0.2) is 12.1 Å². The van der Waals surface area contributed by atoms with Gasteiger partial charge in [0.25, 0.3) is 0 Å². The second kappa shape index (κ2) is 8.24. The number of ketones is 2. The molecule has 1 rings (SSSR count). The highest BCUT2D eigenvalue weighted by Gasteiger charge is 2.46. The Hall–Kier alpha value is -1.52. The zero-order chi connectivity index (χ0) is 19.5. The molecule has 0 saturated carbocycles. The molecule has 0 aliphatic carbocycles. The molecular formula is C21H32O4. The van der Waals surface area contributed by atoms with Gasteiger partial charge in [-0.1, -0.05) is 60.6 Å². The summed E-state index contributed by atoms with van der Waals surface area (Å²) >= 11 is 0. The molecule has 4 nitrogen and oxygen atoms in total. The van der Waals surface area contributed by atoms with Crippen LogP contribution in [0, 0.1) is 0 Å². The Balaban J connectivity index is 3.83. The highest BCUT2D eigenvalue weighted by atomic mass is 17.1. The summed E-state index contributed by atoms with van der Waals surface area (Å²) in [5.41, 5.74) is 1.64. The Bertz CT molecular complexity index is 608. The minimum atomic E-state index is -1.84. The fourth-order valence-corrected chi connectivity index (χ4v) is 3.16. The maximum atomic E-state index is 13.4. The molecule has 1 aromatic rings. The third kappa shape index (κ3) is 4.01. The van der Waals surface area contributed by atoms with Gasteiger partial charge in [0.2, 0.25) is 11.4 Å². The van der Waals surface area contributed by atoms with Crippen LogP contribution in [0.5, 0.6) is 0 Å². The molecular weight excluding hydrogens is 316 g/mol. The van der Waals surface area contributed by atoms with E-state index in [2.05, 4.69) is 18.7 Å². The van der Waals surface area contributed by atoms with Crippen LogP contribution in [0.1, 0.15) is 107 Å². The number of benzene rings is 1. The molecule has 140 valence electrons. The van der Waals surface area contributed by atoms with Crippen molar-refractivity contribution in [3.8, 4) is 0 Å². The molecule has 1 atom stereocenters. The summed E-state index contributed by atoms with van der Waals surface area (Å²) in [7, 11) is 0. The van der Waals surface area contributed by atoms with Gasteiger partial charge in [0.1, 0.15) is 0 Å². The molecule has 0 spiro atoms. The summed E-state index contributed by atoms with van der Waals surface area (Å²) in [6.45, 7) is 15.3. The molecule has 0 aromatic heterocycles. The Morgan fingerprint density at radius 1 is 1.00 bits per heavy atom. The zero-order valence-corrected chi connectivity index (χ0v) is 16.8. The molecule has 1 unspecified atom stereocenters. The summed E-state index contributed by atoms with van der Waals surface area (Å²) in [5.74, 6) is -0.393. The molecule has 0 saturated heterocycles. The first kappa shape index (κ1) is 21.5. The normalized spacial score (nSPS) is 14.2. The van der Waals surface area contributed by atoms with Crippen molar-refractivity contribution in [1.82, 2.24) is 0 Å². The Morgan fingerprint density at radius 3 is 1.68 bits per heavy atom.